The number of nitrogens with one attached hydrogen (secondary N) is 2. The van der Waals surface area contributed by atoms with E-state index in [9.17, 15) is 14.4 Å². The van der Waals surface area contributed by atoms with Crippen molar-refractivity contribution in [2.75, 3.05) is 35.7 Å². The highest BCUT2D eigenvalue weighted by Gasteiger charge is 2.17. The van der Waals surface area contributed by atoms with E-state index in [1.165, 1.54) is 0 Å². The minimum absolute atomic E-state index is 0.0335. The van der Waals surface area contributed by atoms with Crippen LogP contribution in [0.15, 0.2) is 78.9 Å². The third-order valence-corrected chi connectivity index (χ3v) is 4.88. The van der Waals surface area contributed by atoms with Crippen LogP contribution in [0.1, 0.15) is 16.8 Å². The first kappa shape index (κ1) is 23.3. The summed E-state index contributed by atoms with van der Waals surface area (Å²) in [5, 5.41) is 5.62. The zero-order valence-corrected chi connectivity index (χ0v) is 18.3. The highest BCUT2D eigenvalue weighted by Crippen LogP contribution is 2.21. The molecule has 0 aliphatic carbocycles. The van der Waals surface area contributed by atoms with Crippen molar-refractivity contribution in [1.82, 2.24) is 0 Å². The van der Waals surface area contributed by atoms with E-state index in [0.717, 1.165) is 5.69 Å². The quantitative estimate of drug-likeness (QED) is 0.442. The molecule has 0 aromatic heterocycles. The van der Waals surface area contributed by atoms with E-state index in [-0.39, 0.29) is 31.3 Å². The number of rotatable bonds is 10. The van der Waals surface area contributed by atoms with Gasteiger partial charge in [-0.2, -0.15) is 0 Å². The lowest BCUT2D eigenvalue weighted by Crippen LogP contribution is -2.36. The first-order chi connectivity index (χ1) is 16.0. The number of carbonyl (C=O) groups excluding carboxylic acids is 3. The van der Waals surface area contributed by atoms with Crippen LogP contribution in [0.5, 0.6) is 5.75 Å². The molecule has 0 saturated heterocycles. The topological polar surface area (TPSA) is 114 Å². The molecule has 0 aliphatic heterocycles. The Bertz CT molecular complexity index is 1100. The van der Waals surface area contributed by atoms with Crippen LogP contribution in [0.2, 0.25) is 0 Å². The molecule has 3 amide bonds. The highest BCUT2D eigenvalue weighted by molar-refractivity contribution is 6.10. The molecular formula is C25H26N4O4. The van der Waals surface area contributed by atoms with Crippen LogP contribution in [0.25, 0.3) is 0 Å². The molecule has 3 aromatic rings. The van der Waals surface area contributed by atoms with Gasteiger partial charge >= 0.3 is 0 Å². The smallest absolute Gasteiger partial charge is 0.257 e. The first-order valence-electron chi connectivity index (χ1n) is 10.4. The van der Waals surface area contributed by atoms with Crippen LogP contribution in [-0.4, -0.2) is 37.9 Å². The van der Waals surface area contributed by atoms with Crippen molar-refractivity contribution in [2.45, 2.75) is 6.42 Å². The molecular weight excluding hydrogens is 420 g/mol. The van der Waals surface area contributed by atoms with Gasteiger partial charge in [0.25, 0.3) is 5.91 Å². The van der Waals surface area contributed by atoms with Crippen LogP contribution in [-0.2, 0) is 9.59 Å². The average molecular weight is 447 g/mol. The van der Waals surface area contributed by atoms with Crippen molar-refractivity contribution in [1.29, 1.82) is 0 Å². The molecule has 0 saturated carbocycles. The van der Waals surface area contributed by atoms with E-state index in [2.05, 4.69) is 10.6 Å². The molecule has 8 nitrogen and oxygen atoms in total. The second-order valence-corrected chi connectivity index (χ2v) is 7.25. The summed E-state index contributed by atoms with van der Waals surface area (Å²) in [6.45, 7) is 0.236. The number of amides is 3. The van der Waals surface area contributed by atoms with Crippen molar-refractivity contribution in [3.63, 3.8) is 0 Å². The van der Waals surface area contributed by atoms with Crippen LogP contribution in [0.3, 0.4) is 0 Å². The van der Waals surface area contributed by atoms with E-state index in [4.69, 9.17) is 10.5 Å². The van der Waals surface area contributed by atoms with Gasteiger partial charge in [-0.25, -0.2) is 0 Å². The molecule has 3 rings (SSSR count). The largest absolute Gasteiger partial charge is 0.497 e. The van der Waals surface area contributed by atoms with Gasteiger partial charge in [-0.3, -0.25) is 14.4 Å². The summed E-state index contributed by atoms with van der Waals surface area (Å²) in [5.74, 6) is -0.457. The van der Waals surface area contributed by atoms with E-state index in [0.29, 0.717) is 22.7 Å². The van der Waals surface area contributed by atoms with Crippen molar-refractivity contribution >= 4 is 34.8 Å². The summed E-state index contributed by atoms with van der Waals surface area (Å²) in [5.41, 5.74) is 7.42. The maximum Gasteiger partial charge on any atom is 0.257 e. The number of anilines is 3. The van der Waals surface area contributed by atoms with Crippen LogP contribution >= 0.6 is 0 Å². The van der Waals surface area contributed by atoms with Crippen molar-refractivity contribution in [3.05, 3.63) is 84.4 Å². The van der Waals surface area contributed by atoms with Gasteiger partial charge in [0.2, 0.25) is 11.8 Å². The predicted molar refractivity (Wildman–Crippen MR) is 128 cm³/mol. The Kier molecular flexibility index (Phi) is 8.02. The molecule has 0 atom stereocenters. The standard InChI is InChI=1S/C25H26N4O4/c1-33-20-13-11-19(12-14-20)29(16-15-23(26)30)17-24(31)28-22-10-6-5-9-21(22)25(32)27-18-7-3-2-4-8-18/h2-14H,15-17H2,1H3,(H2,26,30)(H,27,32)(H,28,31). The van der Waals surface area contributed by atoms with Crippen molar-refractivity contribution in [2.24, 2.45) is 5.73 Å². The molecule has 0 fully saturated rings. The van der Waals surface area contributed by atoms with Gasteiger partial charge in [-0.1, -0.05) is 30.3 Å². The number of hydrogen-bond acceptors (Lipinski definition) is 5. The van der Waals surface area contributed by atoms with Gasteiger partial charge in [-0.15, -0.1) is 0 Å². The SMILES string of the molecule is COc1ccc(N(CCC(N)=O)CC(=O)Nc2ccccc2C(=O)Nc2ccccc2)cc1. The molecule has 0 heterocycles. The fourth-order valence-corrected chi connectivity index (χ4v) is 3.21. The Hall–Kier alpha value is -4.33. The Morgan fingerprint density at radius 3 is 2.21 bits per heavy atom. The molecule has 0 aliphatic rings. The van der Waals surface area contributed by atoms with Crippen molar-refractivity contribution < 1.29 is 19.1 Å². The summed E-state index contributed by atoms with van der Waals surface area (Å²) in [7, 11) is 1.57. The lowest BCUT2D eigenvalue weighted by atomic mass is 10.1. The highest BCUT2D eigenvalue weighted by atomic mass is 16.5. The minimum atomic E-state index is -0.461. The van der Waals surface area contributed by atoms with E-state index < -0.39 is 5.91 Å². The van der Waals surface area contributed by atoms with Gasteiger partial charge in [0.15, 0.2) is 0 Å². The average Bonchev–Trinajstić information content (AvgIpc) is 2.82. The minimum Gasteiger partial charge on any atom is -0.497 e. The zero-order valence-electron chi connectivity index (χ0n) is 18.3. The molecule has 0 bridgehead atoms. The molecule has 170 valence electrons. The third-order valence-electron chi connectivity index (χ3n) is 4.88. The van der Waals surface area contributed by atoms with Crippen LogP contribution in [0.4, 0.5) is 17.1 Å². The van der Waals surface area contributed by atoms with E-state index in [1.807, 2.05) is 18.2 Å². The zero-order chi connectivity index (χ0) is 23.6. The number of primary amides is 1. The summed E-state index contributed by atoms with van der Waals surface area (Å²) < 4.78 is 5.18. The summed E-state index contributed by atoms with van der Waals surface area (Å²) in [6, 6.07) is 23.0. The molecule has 3 aromatic carbocycles. The molecule has 0 unspecified atom stereocenters. The Morgan fingerprint density at radius 1 is 0.879 bits per heavy atom. The monoisotopic (exact) mass is 446 g/mol. The lowest BCUT2D eigenvalue weighted by molar-refractivity contribution is -0.118. The Morgan fingerprint density at radius 2 is 1.55 bits per heavy atom. The lowest BCUT2D eigenvalue weighted by Gasteiger charge is -2.24. The molecule has 0 spiro atoms. The number of nitrogens with two attached hydrogens (primary N) is 1. The molecule has 8 heteroatoms. The van der Waals surface area contributed by atoms with E-state index >= 15 is 0 Å². The van der Waals surface area contributed by atoms with Gasteiger partial charge in [0.1, 0.15) is 5.75 Å². The number of ether oxygens (including phenoxy) is 1. The van der Waals surface area contributed by atoms with Crippen LogP contribution < -0.4 is 26.0 Å². The number of methoxy groups -OCH3 is 1. The van der Waals surface area contributed by atoms with Crippen molar-refractivity contribution in [3.8, 4) is 5.75 Å². The molecule has 0 radical (unpaired) electrons. The summed E-state index contributed by atoms with van der Waals surface area (Å²) in [6.07, 6.45) is 0.0926. The number of nitrogens with zero attached hydrogens (tertiary/aromatic N) is 1. The normalized spacial score (nSPS) is 10.2. The number of hydrogen-bond donors (Lipinski definition) is 3. The van der Waals surface area contributed by atoms with Gasteiger partial charge in [-0.05, 0) is 48.5 Å². The van der Waals surface area contributed by atoms with Gasteiger partial charge < -0.3 is 26.0 Å². The number of carbonyl (C=O) groups is 3. The second-order valence-electron chi connectivity index (χ2n) is 7.25. The predicted octanol–water partition coefficient (Wildman–Crippen LogP) is 3.27. The fourth-order valence-electron chi connectivity index (χ4n) is 3.21. The van der Waals surface area contributed by atoms with E-state index in [1.54, 1.807) is 72.7 Å². The van der Waals surface area contributed by atoms with Gasteiger partial charge in [0.05, 0.1) is 24.9 Å². The fraction of sp³-hybridized carbons (Fsp3) is 0.160. The van der Waals surface area contributed by atoms with Gasteiger partial charge in [0, 0.05) is 24.3 Å². The Balaban J connectivity index is 1.73. The Labute approximate surface area is 192 Å². The first-order valence-corrected chi connectivity index (χ1v) is 10.4. The summed E-state index contributed by atoms with van der Waals surface area (Å²) in [4.78, 5) is 38.7. The molecule has 33 heavy (non-hydrogen) atoms. The third kappa shape index (κ3) is 6.83. The molecule has 4 N–H and O–H groups in total. The summed E-state index contributed by atoms with van der Waals surface area (Å²) >= 11 is 0. The second kappa shape index (κ2) is 11.3. The number of para-hydroxylation sites is 2. The van der Waals surface area contributed by atoms with Crippen LogP contribution in [0, 0.1) is 0 Å². The maximum atomic E-state index is 12.9. The maximum absolute atomic E-state index is 12.9. The number of benzene rings is 3.